The van der Waals surface area contributed by atoms with E-state index >= 15 is 0 Å². The summed E-state index contributed by atoms with van der Waals surface area (Å²) in [5, 5.41) is 8.83. The number of sulfonamides is 1. The smallest absolute Gasteiger partial charge is 0.324 e. The Kier molecular flexibility index (Phi) is 2.38. The molecule has 5 nitrogen and oxygen atoms in total. The van der Waals surface area contributed by atoms with Gasteiger partial charge in [-0.1, -0.05) is 0 Å². The van der Waals surface area contributed by atoms with Gasteiger partial charge in [-0.15, -0.1) is 0 Å². The van der Waals surface area contributed by atoms with E-state index in [0.29, 0.717) is 13.0 Å². The molecule has 1 aliphatic heterocycles. The molecular formula is C7H13NO4S. The molecule has 1 saturated heterocycles. The van der Waals surface area contributed by atoms with Gasteiger partial charge in [0.25, 0.3) is 0 Å². The fraction of sp³-hybridized carbons (Fsp3) is 0.857. The van der Waals surface area contributed by atoms with E-state index in [0.717, 1.165) is 4.31 Å². The summed E-state index contributed by atoms with van der Waals surface area (Å²) >= 11 is 0. The maximum Gasteiger partial charge on any atom is 0.324 e. The van der Waals surface area contributed by atoms with Crippen molar-refractivity contribution in [1.29, 1.82) is 0 Å². The van der Waals surface area contributed by atoms with Crippen LogP contribution in [0.4, 0.5) is 0 Å². The van der Waals surface area contributed by atoms with Crippen molar-refractivity contribution in [2.45, 2.75) is 25.8 Å². The number of aliphatic carboxylic acids is 1. The van der Waals surface area contributed by atoms with Crippen molar-refractivity contribution >= 4 is 16.0 Å². The van der Waals surface area contributed by atoms with E-state index in [1.165, 1.54) is 13.8 Å². The summed E-state index contributed by atoms with van der Waals surface area (Å²) in [4.78, 5) is 10.8. The lowest BCUT2D eigenvalue weighted by Gasteiger charge is -2.29. The molecule has 0 radical (unpaired) electrons. The second-order valence-electron chi connectivity index (χ2n) is 3.61. The fourth-order valence-electron chi connectivity index (χ4n) is 1.37. The largest absolute Gasteiger partial charge is 0.480 e. The Hall–Kier alpha value is -0.620. The fourth-order valence-corrected chi connectivity index (χ4v) is 3.27. The van der Waals surface area contributed by atoms with Crippen LogP contribution < -0.4 is 0 Å². The number of carboxylic acid groups (broad SMARTS) is 1. The molecule has 0 unspecified atom stereocenters. The molecule has 6 heteroatoms. The van der Waals surface area contributed by atoms with Crippen LogP contribution in [0.1, 0.15) is 20.3 Å². The van der Waals surface area contributed by atoms with Crippen LogP contribution in [0.3, 0.4) is 0 Å². The first-order valence-electron chi connectivity index (χ1n) is 4.02. The third-order valence-electron chi connectivity index (χ3n) is 2.25. The highest BCUT2D eigenvalue weighted by molar-refractivity contribution is 7.89. The van der Waals surface area contributed by atoms with Gasteiger partial charge in [-0.05, 0) is 20.3 Å². The highest BCUT2D eigenvalue weighted by atomic mass is 32.2. The van der Waals surface area contributed by atoms with Gasteiger partial charge >= 0.3 is 5.97 Å². The lowest BCUT2D eigenvalue weighted by molar-refractivity contribution is -0.146. The third-order valence-corrected chi connectivity index (χ3v) is 4.36. The summed E-state index contributed by atoms with van der Waals surface area (Å²) in [5.74, 6) is -1.05. The quantitative estimate of drug-likeness (QED) is 0.685. The zero-order valence-electron chi connectivity index (χ0n) is 7.65. The van der Waals surface area contributed by atoms with Crippen LogP contribution in [-0.2, 0) is 14.8 Å². The molecular weight excluding hydrogens is 194 g/mol. The maximum atomic E-state index is 11.4. The van der Waals surface area contributed by atoms with E-state index in [9.17, 15) is 13.2 Å². The number of hydrogen-bond donors (Lipinski definition) is 1. The highest BCUT2D eigenvalue weighted by Crippen LogP contribution is 2.24. The Morgan fingerprint density at radius 1 is 1.46 bits per heavy atom. The Morgan fingerprint density at radius 3 is 2.31 bits per heavy atom. The lowest BCUT2D eigenvalue weighted by Crippen LogP contribution is -2.50. The molecule has 1 aliphatic rings. The molecule has 0 aromatic heterocycles. The van der Waals surface area contributed by atoms with Crippen molar-refractivity contribution in [3.8, 4) is 0 Å². The average molecular weight is 207 g/mol. The van der Waals surface area contributed by atoms with Crippen LogP contribution in [0.2, 0.25) is 0 Å². The Morgan fingerprint density at radius 2 is 2.00 bits per heavy atom. The van der Waals surface area contributed by atoms with Crippen LogP contribution in [-0.4, -0.2) is 41.6 Å². The van der Waals surface area contributed by atoms with E-state index in [2.05, 4.69) is 0 Å². The first kappa shape index (κ1) is 10.5. The molecule has 13 heavy (non-hydrogen) atoms. The molecule has 1 rings (SSSR count). The van der Waals surface area contributed by atoms with Gasteiger partial charge < -0.3 is 5.11 Å². The summed E-state index contributed by atoms with van der Waals surface area (Å²) in [6.45, 7) is 3.11. The standard InChI is InChI=1S/C7H13NO4S/c1-7(2,6(9)10)8-4-3-5-13(8,11)12/h3-5H2,1-2H3,(H,9,10). The Balaban J connectivity index is 3.02. The second-order valence-corrected chi connectivity index (χ2v) is 5.62. The van der Waals surface area contributed by atoms with Crippen molar-refractivity contribution in [3.63, 3.8) is 0 Å². The molecule has 1 N–H and O–H groups in total. The van der Waals surface area contributed by atoms with Crippen LogP contribution in [0.15, 0.2) is 0 Å². The highest BCUT2D eigenvalue weighted by Gasteiger charge is 2.44. The lowest BCUT2D eigenvalue weighted by atomic mass is 10.1. The van der Waals surface area contributed by atoms with Crippen molar-refractivity contribution in [2.24, 2.45) is 0 Å². The van der Waals surface area contributed by atoms with E-state index in [-0.39, 0.29) is 5.75 Å². The van der Waals surface area contributed by atoms with E-state index < -0.39 is 21.5 Å². The van der Waals surface area contributed by atoms with Gasteiger partial charge in [0.15, 0.2) is 0 Å². The number of nitrogens with zero attached hydrogens (tertiary/aromatic N) is 1. The molecule has 0 aromatic carbocycles. The predicted octanol–water partition coefficient (Wildman–Crippen LogP) is -0.115. The third kappa shape index (κ3) is 1.68. The number of hydrogen-bond acceptors (Lipinski definition) is 3. The average Bonchev–Trinajstić information content (AvgIpc) is 2.29. The minimum atomic E-state index is -3.34. The number of rotatable bonds is 2. The van der Waals surface area contributed by atoms with Crippen LogP contribution in [0.5, 0.6) is 0 Å². The van der Waals surface area contributed by atoms with E-state index in [1.54, 1.807) is 0 Å². The van der Waals surface area contributed by atoms with Crippen LogP contribution >= 0.6 is 0 Å². The first-order valence-corrected chi connectivity index (χ1v) is 5.63. The van der Waals surface area contributed by atoms with Gasteiger partial charge in [0, 0.05) is 6.54 Å². The summed E-state index contributed by atoms with van der Waals surface area (Å²) in [5.41, 5.74) is -1.32. The first-order chi connectivity index (χ1) is 5.78. The zero-order valence-corrected chi connectivity index (χ0v) is 8.47. The predicted molar refractivity (Wildman–Crippen MR) is 46.8 cm³/mol. The molecule has 0 bridgehead atoms. The van der Waals surface area contributed by atoms with E-state index in [1.807, 2.05) is 0 Å². The molecule has 76 valence electrons. The van der Waals surface area contributed by atoms with Gasteiger partial charge in [0.05, 0.1) is 5.75 Å². The number of carboxylic acids is 1. The van der Waals surface area contributed by atoms with Gasteiger partial charge in [-0.3, -0.25) is 4.79 Å². The zero-order chi connectivity index (χ0) is 10.3. The van der Waals surface area contributed by atoms with Crippen molar-refractivity contribution < 1.29 is 18.3 Å². The molecule has 0 spiro atoms. The minimum Gasteiger partial charge on any atom is -0.480 e. The van der Waals surface area contributed by atoms with Crippen molar-refractivity contribution in [2.75, 3.05) is 12.3 Å². The topological polar surface area (TPSA) is 74.7 Å². The summed E-state index contributed by atoms with van der Waals surface area (Å²) in [6.07, 6.45) is 0.513. The Bertz CT molecular complexity index is 319. The number of carbonyl (C=O) groups is 1. The summed E-state index contributed by atoms with van der Waals surface area (Å²) < 4.78 is 23.8. The minimum absolute atomic E-state index is 0.0592. The molecule has 1 fully saturated rings. The SMILES string of the molecule is CC(C)(C(=O)O)N1CCCS1(=O)=O. The molecule has 0 aromatic rings. The van der Waals surface area contributed by atoms with Gasteiger partial charge in [0.2, 0.25) is 10.0 Å². The monoisotopic (exact) mass is 207 g/mol. The van der Waals surface area contributed by atoms with Gasteiger partial charge in [0.1, 0.15) is 5.54 Å². The van der Waals surface area contributed by atoms with Gasteiger partial charge in [-0.25, -0.2) is 8.42 Å². The van der Waals surface area contributed by atoms with Crippen molar-refractivity contribution in [3.05, 3.63) is 0 Å². The Labute approximate surface area is 77.4 Å². The molecule has 0 aliphatic carbocycles. The summed E-state index contributed by atoms with van der Waals surface area (Å²) in [6, 6.07) is 0. The van der Waals surface area contributed by atoms with Crippen LogP contribution in [0, 0.1) is 0 Å². The van der Waals surface area contributed by atoms with Gasteiger partial charge in [-0.2, -0.15) is 4.31 Å². The molecule has 0 saturated carbocycles. The molecule has 0 amide bonds. The van der Waals surface area contributed by atoms with Crippen LogP contribution in [0.25, 0.3) is 0 Å². The normalized spacial score (nSPS) is 23.2. The molecule has 0 atom stereocenters. The summed E-state index contributed by atoms with van der Waals surface area (Å²) in [7, 11) is -3.34. The maximum absolute atomic E-state index is 11.4. The second kappa shape index (κ2) is 2.95. The molecule has 1 heterocycles. The van der Waals surface area contributed by atoms with Crippen molar-refractivity contribution in [1.82, 2.24) is 4.31 Å². The van der Waals surface area contributed by atoms with E-state index in [4.69, 9.17) is 5.11 Å².